The fourth-order valence-corrected chi connectivity index (χ4v) is 4.58. The number of rotatable bonds is 10. The molecule has 1 aromatic heterocycles. The standard InChI is InChI=1S/C29H33N3O4.C4H11N/c1-3-4-25(27-18-23(21-33)20-30-27)17-22(2)5-6-24-7-8-26(29(34)32-11-15-36-16-12-32)19-28(24)31-9-13-35-14-10-31;1-3-4-5-2/h3-8,17-21,30H,2,9-16H2,1H3;5H,3-4H2,1-2H3/b4-3-,6-5+,25-17+;. The Labute approximate surface area is 244 Å². The first-order valence-electron chi connectivity index (χ1n) is 14.3. The van der Waals surface area contributed by atoms with E-state index < -0.39 is 0 Å². The molecule has 2 aliphatic rings. The van der Waals surface area contributed by atoms with Gasteiger partial charge in [0.15, 0.2) is 6.29 Å². The predicted molar refractivity (Wildman–Crippen MR) is 168 cm³/mol. The highest BCUT2D eigenvalue weighted by atomic mass is 16.5. The van der Waals surface area contributed by atoms with Gasteiger partial charge in [0.25, 0.3) is 5.91 Å². The Morgan fingerprint density at radius 3 is 2.37 bits per heavy atom. The molecule has 2 N–H and O–H groups in total. The molecule has 2 aliphatic heterocycles. The van der Waals surface area contributed by atoms with Gasteiger partial charge < -0.3 is 29.6 Å². The third-order valence-corrected chi connectivity index (χ3v) is 6.74. The van der Waals surface area contributed by atoms with Crippen molar-refractivity contribution in [3.63, 3.8) is 0 Å². The maximum Gasteiger partial charge on any atom is 0.254 e. The molecule has 41 heavy (non-hydrogen) atoms. The molecule has 8 nitrogen and oxygen atoms in total. The van der Waals surface area contributed by atoms with Crippen molar-refractivity contribution in [1.29, 1.82) is 0 Å². The minimum atomic E-state index is 0.0346. The number of morpholine rings is 2. The second-order valence-electron chi connectivity index (χ2n) is 9.85. The van der Waals surface area contributed by atoms with Crippen LogP contribution in [-0.4, -0.2) is 88.3 Å². The van der Waals surface area contributed by atoms with E-state index in [0.717, 1.165) is 54.0 Å². The fourth-order valence-electron chi connectivity index (χ4n) is 4.58. The fraction of sp³-hybridized carbons (Fsp3) is 0.394. The molecular weight excluding hydrogens is 516 g/mol. The topological polar surface area (TPSA) is 86.9 Å². The van der Waals surface area contributed by atoms with Gasteiger partial charge >= 0.3 is 0 Å². The molecule has 0 atom stereocenters. The molecule has 8 heteroatoms. The van der Waals surface area contributed by atoms with Crippen molar-refractivity contribution in [2.75, 3.05) is 71.1 Å². The van der Waals surface area contributed by atoms with Gasteiger partial charge in [-0.2, -0.15) is 0 Å². The van der Waals surface area contributed by atoms with Gasteiger partial charge in [-0.15, -0.1) is 0 Å². The monoisotopic (exact) mass is 560 g/mol. The number of hydrogen-bond donors (Lipinski definition) is 2. The third kappa shape index (κ3) is 9.70. The lowest BCUT2D eigenvalue weighted by atomic mass is 10.0. The molecule has 1 amide bonds. The second-order valence-corrected chi connectivity index (χ2v) is 9.85. The highest BCUT2D eigenvalue weighted by Crippen LogP contribution is 2.27. The van der Waals surface area contributed by atoms with E-state index >= 15 is 0 Å². The molecule has 2 saturated heterocycles. The van der Waals surface area contributed by atoms with Crippen molar-refractivity contribution in [3.05, 3.63) is 89.3 Å². The van der Waals surface area contributed by atoms with Crippen molar-refractivity contribution in [2.45, 2.75) is 20.3 Å². The zero-order valence-electron chi connectivity index (χ0n) is 24.7. The van der Waals surface area contributed by atoms with Gasteiger partial charge in [0.1, 0.15) is 0 Å². The Morgan fingerprint density at radius 2 is 1.78 bits per heavy atom. The van der Waals surface area contributed by atoms with E-state index in [2.05, 4.69) is 28.7 Å². The van der Waals surface area contributed by atoms with Crippen molar-refractivity contribution in [2.24, 2.45) is 0 Å². The number of aromatic nitrogens is 1. The van der Waals surface area contributed by atoms with Gasteiger partial charge in [-0.3, -0.25) is 9.59 Å². The summed E-state index contributed by atoms with van der Waals surface area (Å²) >= 11 is 0. The molecule has 0 spiro atoms. The average molecular weight is 561 g/mol. The number of carbonyl (C=O) groups is 2. The average Bonchev–Trinajstić information content (AvgIpc) is 3.50. The number of aromatic amines is 1. The normalized spacial score (nSPS) is 16.1. The van der Waals surface area contributed by atoms with E-state index in [-0.39, 0.29) is 5.91 Å². The number of carbonyl (C=O) groups excluding carboxylic acids is 2. The Kier molecular flexibility index (Phi) is 13.3. The predicted octanol–water partition coefficient (Wildman–Crippen LogP) is 4.98. The van der Waals surface area contributed by atoms with Gasteiger partial charge in [-0.1, -0.05) is 43.9 Å². The molecule has 220 valence electrons. The smallest absolute Gasteiger partial charge is 0.254 e. The molecule has 3 heterocycles. The van der Waals surface area contributed by atoms with E-state index in [1.165, 1.54) is 6.42 Å². The van der Waals surface area contributed by atoms with Crippen molar-refractivity contribution in [3.8, 4) is 0 Å². The first-order chi connectivity index (χ1) is 20.0. The summed E-state index contributed by atoms with van der Waals surface area (Å²) in [6.07, 6.45) is 13.6. The minimum Gasteiger partial charge on any atom is -0.378 e. The molecule has 2 fully saturated rings. The Hall–Kier alpha value is -3.72. The van der Waals surface area contributed by atoms with Crippen LogP contribution in [0.25, 0.3) is 11.6 Å². The summed E-state index contributed by atoms with van der Waals surface area (Å²) < 4.78 is 10.9. The molecule has 1 aromatic carbocycles. The summed E-state index contributed by atoms with van der Waals surface area (Å²) in [5.41, 5.74) is 5.90. The van der Waals surface area contributed by atoms with Crippen molar-refractivity contribution >= 4 is 29.5 Å². The Bertz CT molecular complexity index is 1230. The lowest BCUT2D eigenvalue weighted by molar-refractivity contribution is 0.0303. The summed E-state index contributed by atoms with van der Waals surface area (Å²) in [6.45, 7) is 14.7. The van der Waals surface area contributed by atoms with E-state index in [1.807, 2.05) is 73.5 Å². The highest BCUT2D eigenvalue weighted by molar-refractivity contribution is 5.96. The van der Waals surface area contributed by atoms with Gasteiger partial charge in [0, 0.05) is 54.9 Å². The molecule has 0 radical (unpaired) electrons. The molecule has 0 saturated carbocycles. The van der Waals surface area contributed by atoms with E-state index in [0.29, 0.717) is 50.6 Å². The van der Waals surface area contributed by atoms with Crippen molar-refractivity contribution in [1.82, 2.24) is 15.2 Å². The van der Waals surface area contributed by atoms with Crippen LogP contribution in [0.1, 0.15) is 52.2 Å². The Balaban J connectivity index is 0.000000850. The maximum absolute atomic E-state index is 13.1. The zero-order valence-corrected chi connectivity index (χ0v) is 24.7. The van der Waals surface area contributed by atoms with Crippen LogP contribution in [0.3, 0.4) is 0 Å². The number of ether oxygens (including phenoxy) is 2. The van der Waals surface area contributed by atoms with E-state index in [4.69, 9.17) is 9.47 Å². The van der Waals surface area contributed by atoms with E-state index in [1.54, 1.807) is 6.20 Å². The van der Waals surface area contributed by atoms with Gasteiger partial charge in [-0.25, -0.2) is 0 Å². The van der Waals surface area contributed by atoms with E-state index in [9.17, 15) is 9.59 Å². The van der Waals surface area contributed by atoms with Crippen LogP contribution in [0, 0.1) is 0 Å². The number of H-pyrrole nitrogens is 1. The third-order valence-electron chi connectivity index (χ3n) is 6.74. The second kappa shape index (κ2) is 17.2. The molecular formula is C33H44N4O4. The summed E-state index contributed by atoms with van der Waals surface area (Å²) in [6, 6.07) is 7.70. The number of amides is 1. The summed E-state index contributed by atoms with van der Waals surface area (Å²) in [7, 11) is 1.96. The van der Waals surface area contributed by atoms with Crippen LogP contribution in [0.15, 0.2) is 66.9 Å². The van der Waals surface area contributed by atoms with Gasteiger partial charge in [-0.05, 0) is 67.9 Å². The molecule has 0 unspecified atom stereocenters. The number of benzene rings is 1. The van der Waals surface area contributed by atoms with Crippen LogP contribution in [0.4, 0.5) is 5.69 Å². The number of aldehydes is 1. The largest absolute Gasteiger partial charge is 0.378 e. The lowest BCUT2D eigenvalue weighted by Crippen LogP contribution is -2.41. The maximum atomic E-state index is 13.1. The van der Waals surface area contributed by atoms with Gasteiger partial charge in [0.05, 0.1) is 26.4 Å². The molecule has 0 aliphatic carbocycles. The number of hydrogen-bond acceptors (Lipinski definition) is 6. The van der Waals surface area contributed by atoms with Crippen LogP contribution in [0.2, 0.25) is 0 Å². The molecule has 4 rings (SSSR count). The number of allylic oxidation sites excluding steroid dienone is 6. The Morgan fingerprint density at radius 1 is 1.07 bits per heavy atom. The van der Waals surface area contributed by atoms with Crippen LogP contribution in [-0.2, 0) is 9.47 Å². The molecule has 0 bridgehead atoms. The van der Waals surface area contributed by atoms with Crippen LogP contribution in [0.5, 0.6) is 0 Å². The van der Waals surface area contributed by atoms with Crippen molar-refractivity contribution < 1.29 is 19.1 Å². The SMILES string of the molecule is C=C(/C=C/c1ccc(C(=O)N2CCOCC2)cc1N1CCOCC1)/C=C(\C=C/C)c1cc(C=O)c[nH]1.CCCNC. The minimum absolute atomic E-state index is 0.0346. The highest BCUT2D eigenvalue weighted by Gasteiger charge is 2.21. The number of nitrogens with one attached hydrogen (secondary N) is 2. The number of nitrogens with zero attached hydrogens (tertiary/aromatic N) is 2. The van der Waals surface area contributed by atoms with Crippen LogP contribution >= 0.6 is 0 Å². The quantitative estimate of drug-likeness (QED) is 0.315. The van der Waals surface area contributed by atoms with Gasteiger partial charge in [0.2, 0.25) is 0 Å². The zero-order chi connectivity index (χ0) is 29.5. The molecule has 2 aromatic rings. The summed E-state index contributed by atoms with van der Waals surface area (Å²) in [4.78, 5) is 31.4. The summed E-state index contributed by atoms with van der Waals surface area (Å²) in [5.74, 6) is 0.0346. The summed E-state index contributed by atoms with van der Waals surface area (Å²) in [5, 5.41) is 3.02. The number of anilines is 1. The first-order valence-corrected chi connectivity index (χ1v) is 14.3. The van der Waals surface area contributed by atoms with Crippen LogP contribution < -0.4 is 10.2 Å². The lowest BCUT2D eigenvalue weighted by Gasteiger charge is -2.31. The first kappa shape index (κ1) is 31.8.